The van der Waals surface area contributed by atoms with Crippen molar-refractivity contribution in [3.05, 3.63) is 46.7 Å². The lowest BCUT2D eigenvalue weighted by molar-refractivity contribution is 0.392. The number of H-pyrrole nitrogens is 1. The Morgan fingerprint density at radius 3 is 2.72 bits per heavy atom. The molecule has 0 atom stereocenters. The van der Waals surface area contributed by atoms with Crippen LogP contribution < -0.4 is 4.74 Å². The highest BCUT2D eigenvalue weighted by Crippen LogP contribution is 2.22. The number of nitrogens with one attached hydrogen (secondary N) is 1. The Bertz CT molecular complexity index is 875. The summed E-state index contributed by atoms with van der Waals surface area (Å²) in [5.41, 5.74) is 3.31. The lowest BCUT2D eigenvalue weighted by Crippen LogP contribution is -2.02. The fourth-order valence-corrected chi connectivity index (χ4v) is 2.89. The molecular formula is C19H23FN4O. The maximum atomic E-state index is 14.5. The summed E-state index contributed by atoms with van der Waals surface area (Å²) in [5, 5.41) is 0. The summed E-state index contributed by atoms with van der Waals surface area (Å²) >= 11 is 0. The normalized spacial score (nSPS) is 11.2. The monoisotopic (exact) mass is 342 g/mol. The molecule has 0 radical (unpaired) electrons. The molecule has 1 N–H and O–H groups in total. The van der Waals surface area contributed by atoms with Gasteiger partial charge in [-0.1, -0.05) is 31.9 Å². The van der Waals surface area contributed by atoms with E-state index in [4.69, 9.17) is 4.74 Å². The van der Waals surface area contributed by atoms with Gasteiger partial charge in [-0.3, -0.25) is 0 Å². The third-order valence-corrected chi connectivity index (χ3v) is 4.22. The number of aromatic nitrogens is 4. The number of benzene rings is 1. The van der Waals surface area contributed by atoms with Crippen LogP contribution in [0.25, 0.3) is 11.3 Å². The van der Waals surface area contributed by atoms with Crippen LogP contribution in [0.4, 0.5) is 4.39 Å². The molecule has 0 saturated carbocycles. The van der Waals surface area contributed by atoms with Gasteiger partial charge in [-0.2, -0.15) is 4.98 Å². The Balaban J connectivity index is 1.85. The van der Waals surface area contributed by atoms with Gasteiger partial charge in [-0.05, 0) is 37.0 Å². The average molecular weight is 342 g/mol. The van der Waals surface area contributed by atoms with Crippen LogP contribution in [-0.2, 0) is 12.8 Å². The Morgan fingerprint density at radius 1 is 1.16 bits per heavy atom. The van der Waals surface area contributed by atoms with Crippen molar-refractivity contribution in [2.45, 2.75) is 46.0 Å². The minimum atomic E-state index is -0.210. The van der Waals surface area contributed by atoms with Gasteiger partial charge in [-0.25, -0.2) is 14.4 Å². The van der Waals surface area contributed by atoms with E-state index < -0.39 is 0 Å². The highest BCUT2D eigenvalue weighted by molar-refractivity contribution is 5.66. The highest BCUT2D eigenvalue weighted by Gasteiger charge is 2.15. The maximum absolute atomic E-state index is 14.5. The van der Waals surface area contributed by atoms with Crippen LogP contribution in [-0.4, -0.2) is 27.0 Å². The van der Waals surface area contributed by atoms with Crippen LogP contribution in [0.2, 0.25) is 0 Å². The third-order valence-electron chi connectivity index (χ3n) is 4.22. The van der Waals surface area contributed by atoms with Gasteiger partial charge in [0.2, 0.25) is 11.5 Å². The van der Waals surface area contributed by atoms with Crippen molar-refractivity contribution in [3.8, 4) is 5.88 Å². The van der Waals surface area contributed by atoms with E-state index in [9.17, 15) is 4.39 Å². The van der Waals surface area contributed by atoms with Crippen LogP contribution in [0.5, 0.6) is 5.88 Å². The Kier molecular flexibility index (Phi) is 5.26. The highest BCUT2D eigenvalue weighted by atomic mass is 19.1. The van der Waals surface area contributed by atoms with Crippen molar-refractivity contribution in [2.75, 3.05) is 7.11 Å². The zero-order chi connectivity index (χ0) is 17.8. The molecule has 0 saturated heterocycles. The maximum Gasteiger partial charge on any atom is 0.237 e. The Hall–Kier alpha value is -2.50. The topological polar surface area (TPSA) is 63.7 Å². The molecule has 6 heteroatoms. The van der Waals surface area contributed by atoms with Crippen LogP contribution in [0.15, 0.2) is 18.2 Å². The standard InChI is InChI=1S/C19H23FN4O/c1-4-5-6-7-13-8-9-14(15(20)10-13)11-16-19(25-3)24-18-17(23-16)21-12(2)22-18/h8-10H,4-7,11H2,1-3H3,(H,21,22,23,24). The van der Waals surface area contributed by atoms with E-state index in [1.807, 2.05) is 19.1 Å². The molecule has 0 spiro atoms. The molecule has 132 valence electrons. The largest absolute Gasteiger partial charge is 0.480 e. The van der Waals surface area contributed by atoms with E-state index in [0.29, 0.717) is 34.9 Å². The number of aromatic amines is 1. The third kappa shape index (κ3) is 3.95. The molecule has 0 bridgehead atoms. The lowest BCUT2D eigenvalue weighted by atomic mass is 10.0. The number of halogens is 1. The number of rotatable bonds is 7. The van der Waals surface area contributed by atoms with Crippen molar-refractivity contribution in [1.29, 1.82) is 0 Å². The minimum Gasteiger partial charge on any atom is -0.480 e. The molecular weight excluding hydrogens is 319 g/mol. The second-order valence-electron chi connectivity index (χ2n) is 6.23. The van der Waals surface area contributed by atoms with Crippen LogP contribution in [0.1, 0.15) is 48.8 Å². The van der Waals surface area contributed by atoms with Crippen LogP contribution in [0.3, 0.4) is 0 Å². The Morgan fingerprint density at radius 2 is 2.00 bits per heavy atom. The molecule has 2 heterocycles. The average Bonchev–Trinajstić information content (AvgIpc) is 2.95. The van der Waals surface area contributed by atoms with Gasteiger partial charge in [0.25, 0.3) is 0 Å². The fraction of sp³-hybridized carbons (Fsp3) is 0.421. The van der Waals surface area contributed by atoms with E-state index in [1.165, 1.54) is 13.5 Å². The Labute approximate surface area is 146 Å². The number of imidazole rings is 1. The number of hydrogen-bond acceptors (Lipinski definition) is 4. The first-order valence-electron chi connectivity index (χ1n) is 8.65. The fourth-order valence-electron chi connectivity index (χ4n) is 2.89. The first-order chi connectivity index (χ1) is 12.1. The number of ether oxygens (including phenoxy) is 1. The molecule has 3 rings (SSSR count). The van der Waals surface area contributed by atoms with Crippen molar-refractivity contribution in [2.24, 2.45) is 0 Å². The predicted molar refractivity (Wildman–Crippen MR) is 95.4 cm³/mol. The van der Waals surface area contributed by atoms with Gasteiger partial charge in [-0.15, -0.1) is 0 Å². The quantitative estimate of drug-likeness (QED) is 0.656. The van der Waals surface area contributed by atoms with Crippen LogP contribution >= 0.6 is 0 Å². The van der Waals surface area contributed by atoms with Gasteiger partial charge < -0.3 is 9.72 Å². The zero-order valence-corrected chi connectivity index (χ0v) is 14.9. The second kappa shape index (κ2) is 7.59. The molecule has 0 aliphatic rings. The number of hydrogen-bond donors (Lipinski definition) is 1. The van der Waals surface area contributed by atoms with Crippen molar-refractivity contribution in [3.63, 3.8) is 0 Å². The van der Waals surface area contributed by atoms with E-state index >= 15 is 0 Å². The molecule has 1 aromatic carbocycles. The molecule has 0 fully saturated rings. The number of fused-ring (bicyclic) bond motifs is 1. The molecule has 0 amide bonds. The number of methoxy groups -OCH3 is 1. The SMILES string of the molecule is CCCCCc1ccc(Cc2nc3[nH]c(C)nc3nc2OC)c(F)c1. The molecule has 25 heavy (non-hydrogen) atoms. The number of aryl methyl sites for hydroxylation is 2. The summed E-state index contributed by atoms with van der Waals surface area (Å²) in [6.07, 6.45) is 4.65. The molecule has 0 unspecified atom stereocenters. The van der Waals surface area contributed by atoms with E-state index in [1.54, 1.807) is 6.07 Å². The second-order valence-corrected chi connectivity index (χ2v) is 6.23. The molecule has 5 nitrogen and oxygen atoms in total. The van der Waals surface area contributed by atoms with E-state index in [2.05, 4.69) is 26.9 Å². The van der Waals surface area contributed by atoms with Crippen molar-refractivity contribution in [1.82, 2.24) is 19.9 Å². The molecule has 2 aromatic heterocycles. The summed E-state index contributed by atoms with van der Waals surface area (Å²) in [6, 6.07) is 5.46. The summed E-state index contributed by atoms with van der Waals surface area (Å²) in [6.45, 7) is 4.00. The summed E-state index contributed by atoms with van der Waals surface area (Å²) in [4.78, 5) is 16.2. The van der Waals surface area contributed by atoms with Gasteiger partial charge in [0.05, 0.1) is 7.11 Å². The van der Waals surface area contributed by atoms with Gasteiger partial charge >= 0.3 is 0 Å². The van der Waals surface area contributed by atoms with Crippen molar-refractivity contribution < 1.29 is 9.13 Å². The van der Waals surface area contributed by atoms with Gasteiger partial charge in [0.15, 0.2) is 5.65 Å². The zero-order valence-electron chi connectivity index (χ0n) is 14.9. The molecule has 3 aromatic rings. The molecule has 0 aliphatic heterocycles. The molecule has 0 aliphatic carbocycles. The van der Waals surface area contributed by atoms with E-state index in [-0.39, 0.29) is 5.82 Å². The minimum absolute atomic E-state index is 0.210. The lowest BCUT2D eigenvalue weighted by Gasteiger charge is -2.09. The van der Waals surface area contributed by atoms with Crippen LogP contribution in [0, 0.1) is 12.7 Å². The number of unbranched alkanes of at least 4 members (excludes halogenated alkanes) is 2. The first kappa shape index (κ1) is 17.3. The summed E-state index contributed by atoms with van der Waals surface area (Å²) in [7, 11) is 1.53. The number of nitrogens with zero attached hydrogens (tertiary/aromatic N) is 3. The van der Waals surface area contributed by atoms with Gasteiger partial charge in [0, 0.05) is 6.42 Å². The summed E-state index contributed by atoms with van der Waals surface area (Å²) in [5.74, 6) is 0.904. The smallest absolute Gasteiger partial charge is 0.237 e. The first-order valence-corrected chi connectivity index (χ1v) is 8.65. The predicted octanol–water partition coefficient (Wildman–Crippen LogP) is 4.13. The summed E-state index contributed by atoms with van der Waals surface area (Å²) < 4.78 is 19.8. The van der Waals surface area contributed by atoms with Gasteiger partial charge in [0.1, 0.15) is 17.3 Å². The van der Waals surface area contributed by atoms with E-state index in [0.717, 1.165) is 30.7 Å². The van der Waals surface area contributed by atoms with Crippen molar-refractivity contribution >= 4 is 11.3 Å².